The Bertz CT molecular complexity index is 776. The second-order valence-corrected chi connectivity index (χ2v) is 8.20. The van der Waals surface area contributed by atoms with Crippen LogP contribution in [-0.2, 0) is 9.31 Å². The molecule has 5 nitrogen and oxygen atoms in total. The van der Waals surface area contributed by atoms with Crippen molar-refractivity contribution < 1.29 is 14.1 Å². The highest BCUT2D eigenvalue weighted by atomic mass is 16.7. The molecule has 2 aliphatic rings. The van der Waals surface area contributed by atoms with E-state index in [1.54, 1.807) is 18.2 Å². The van der Waals surface area contributed by atoms with Crippen LogP contribution < -0.4 is 10.8 Å². The normalized spacial score (nSPS) is 21.0. The van der Waals surface area contributed by atoms with Crippen LogP contribution in [0.1, 0.15) is 50.9 Å². The Balaban J connectivity index is 1.67. The van der Waals surface area contributed by atoms with Gasteiger partial charge in [0.15, 0.2) is 0 Å². The number of nitrogens with one attached hydrogen (secondary N) is 1. The third-order valence-corrected chi connectivity index (χ3v) is 5.53. The van der Waals surface area contributed by atoms with Crippen LogP contribution in [0, 0.1) is 5.92 Å². The largest absolute Gasteiger partial charge is 0.494 e. The minimum atomic E-state index is -0.445. The number of nitrogens with zero attached hydrogens (tertiary/aromatic N) is 1. The molecular weight excluding hydrogens is 339 g/mol. The van der Waals surface area contributed by atoms with Gasteiger partial charge in [0.05, 0.1) is 11.2 Å². The molecule has 1 aliphatic heterocycles. The molecule has 0 unspecified atom stereocenters. The number of carbonyl (C=O) groups is 1. The van der Waals surface area contributed by atoms with Gasteiger partial charge in [-0.15, -0.1) is 0 Å². The van der Waals surface area contributed by atoms with Crippen molar-refractivity contribution in [3.8, 4) is 0 Å². The van der Waals surface area contributed by atoms with Crippen LogP contribution in [0.2, 0.25) is 0 Å². The van der Waals surface area contributed by atoms with E-state index >= 15 is 0 Å². The maximum atomic E-state index is 12.5. The molecule has 1 aromatic carbocycles. The third kappa shape index (κ3) is 4.23. The molecule has 3 rings (SSSR count). The molecule has 0 atom stereocenters. The number of benzene rings is 1. The van der Waals surface area contributed by atoms with Crippen molar-refractivity contribution in [2.24, 2.45) is 10.9 Å². The molecule has 0 bridgehead atoms. The molecule has 142 valence electrons. The number of rotatable bonds is 6. The fourth-order valence-electron chi connectivity index (χ4n) is 2.83. The summed E-state index contributed by atoms with van der Waals surface area (Å²) in [6.45, 7) is 15.6. The van der Waals surface area contributed by atoms with E-state index in [9.17, 15) is 4.79 Å². The zero-order valence-electron chi connectivity index (χ0n) is 16.5. The molecule has 6 heteroatoms. The molecule has 1 saturated heterocycles. The predicted octanol–water partition coefficient (Wildman–Crippen LogP) is 3.22. The molecule has 1 aromatic rings. The Labute approximate surface area is 161 Å². The summed E-state index contributed by atoms with van der Waals surface area (Å²) in [4.78, 5) is 16.4. The summed E-state index contributed by atoms with van der Waals surface area (Å²) in [5, 5.41) is 2.78. The number of carbonyl (C=O) groups excluding carboxylic acids is 1. The summed E-state index contributed by atoms with van der Waals surface area (Å²) < 4.78 is 12.1. The first-order chi connectivity index (χ1) is 12.6. The lowest BCUT2D eigenvalue weighted by atomic mass is 9.79. The molecular formula is C21H27BN2O3. The lowest BCUT2D eigenvalue weighted by Gasteiger charge is -2.32. The van der Waals surface area contributed by atoms with Crippen molar-refractivity contribution in [3.05, 3.63) is 53.9 Å². The van der Waals surface area contributed by atoms with Gasteiger partial charge in [-0.3, -0.25) is 4.79 Å². The lowest BCUT2D eigenvalue weighted by molar-refractivity contribution is 0.00578. The van der Waals surface area contributed by atoms with Crippen molar-refractivity contribution in [2.45, 2.75) is 51.7 Å². The lowest BCUT2D eigenvalue weighted by Crippen LogP contribution is -2.41. The second-order valence-electron chi connectivity index (χ2n) is 8.20. The summed E-state index contributed by atoms with van der Waals surface area (Å²) in [5.41, 5.74) is 1.60. The van der Waals surface area contributed by atoms with Crippen LogP contribution >= 0.6 is 0 Å². The number of amides is 1. The Morgan fingerprint density at radius 3 is 2.22 bits per heavy atom. The van der Waals surface area contributed by atoms with Crippen LogP contribution in [0.4, 0.5) is 0 Å². The molecule has 1 aliphatic carbocycles. The molecule has 1 amide bonds. The fraction of sp³-hybridized carbons (Fsp3) is 0.429. The van der Waals surface area contributed by atoms with Gasteiger partial charge < -0.3 is 14.6 Å². The van der Waals surface area contributed by atoms with E-state index in [2.05, 4.69) is 23.6 Å². The highest BCUT2D eigenvalue weighted by Crippen LogP contribution is 2.37. The molecule has 0 radical (unpaired) electrons. The van der Waals surface area contributed by atoms with Gasteiger partial charge in [0.2, 0.25) is 0 Å². The number of hydrogen-bond donors (Lipinski definition) is 1. The van der Waals surface area contributed by atoms with Crippen LogP contribution in [0.5, 0.6) is 0 Å². The predicted molar refractivity (Wildman–Crippen MR) is 109 cm³/mol. The van der Waals surface area contributed by atoms with Crippen molar-refractivity contribution in [1.82, 2.24) is 5.32 Å². The molecule has 1 saturated carbocycles. The third-order valence-electron chi connectivity index (χ3n) is 5.53. The Morgan fingerprint density at radius 2 is 1.74 bits per heavy atom. The first-order valence-electron chi connectivity index (χ1n) is 9.27. The average molecular weight is 366 g/mol. The number of aliphatic imine (C=N–C) groups is 1. The van der Waals surface area contributed by atoms with Gasteiger partial charge in [0.25, 0.3) is 5.91 Å². The van der Waals surface area contributed by atoms with E-state index in [0.29, 0.717) is 17.3 Å². The highest BCUT2D eigenvalue weighted by molar-refractivity contribution is 6.62. The van der Waals surface area contributed by atoms with E-state index in [1.165, 1.54) is 0 Å². The summed E-state index contributed by atoms with van der Waals surface area (Å²) in [5.74, 6) is 0.697. The van der Waals surface area contributed by atoms with E-state index in [4.69, 9.17) is 9.31 Å². The zero-order valence-corrected chi connectivity index (χ0v) is 16.5. The van der Waals surface area contributed by atoms with Crippen molar-refractivity contribution in [2.75, 3.05) is 0 Å². The van der Waals surface area contributed by atoms with Crippen LogP contribution in [0.25, 0.3) is 0 Å². The Kier molecular flexibility index (Phi) is 5.15. The van der Waals surface area contributed by atoms with Gasteiger partial charge in [-0.2, -0.15) is 0 Å². The van der Waals surface area contributed by atoms with Gasteiger partial charge in [-0.25, -0.2) is 4.99 Å². The Hall–Kier alpha value is -2.18. The summed E-state index contributed by atoms with van der Waals surface area (Å²) in [6, 6.07) is 7.22. The SMILES string of the molecule is C=N/C(=C\C(=C)C1CC1)NC(=O)c1ccc(B2OC(C)(C)C(C)(C)O2)cc1. The average Bonchev–Trinajstić information content (AvgIpc) is 3.42. The Morgan fingerprint density at radius 1 is 1.19 bits per heavy atom. The van der Waals surface area contributed by atoms with E-state index in [-0.39, 0.29) is 5.91 Å². The standard InChI is InChI=1S/C21H27BN2O3/c1-14(15-7-8-15)13-18(23-6)24-19(25)16-9-11-17(12-10-16)22-26-20(2,3)21(4,5)27-22/h9-13,15H,1,6-8H2,2-5H3,(H,24,25)/b18-13+. The first-order valence-corrected chi connectivity index (χ1v) is 9.27. The smallest absolute Gasteiger partial charge is 0.399 e. The van der Waals surface area contributed by atoms with Gasteiger partial charge in [-0.1, -0.05) is 18.7 Å². The minimum Gasteiger partial charge on any atom is -0.399 e. The van der Waals surface area contributed by atoms with Crippen LogP contribution in [0.15, 0.2) is 53.3 Å². The highest BCUT2D eigenvalue weighted by Gasteiger charge is 2.51. The van der Waals surface area contributed by atoms with Gasteiger partial charge in [0.1, 0.15) is 5.82 Å². The molecule has 1 heterocycles. The molecule has 0 spiro atoms. The monoisotopic (exact) mass is 366 g/mol. The van der Waals surface area contributed by atoms with Crippen molar-refractivity contribution >= 4 is 25.2 Å². The molecule has 27 heavy (non-hydrogen) atoms. The maximum absolute atomic E-state index is 12.5. The minimum absolute atomic E-state index is 0.238. The quantitative estimate of drug-likeness (QED) is 0.478. The molecule has 0 aromatic heterocycles. The molecule has 2 fully saturated rings. The maximum Gasteiger partial charge on any atom is 0.494 e. The van der Waals surface area contributed by atoms with E-state index in [0.717, 1.165) is 23.9 Å². The summed E-state index contributed by atoms with van der Waals surface area (Å²) in [7, 11) is -0.445. The zero-order chi connectivity index (χ0) is 19.8. The number of hydrogen-bond acceptors (Lipinski definition) is 4. The van der Waals surface area contributed by atoms with Crippen molar-refractivity contribution in [1.29, 1.82) is 0 Å². The summed E-state index contributed by atoms with van der Waals surface area (Å²) >= 11 is 0. The topological polar surface area (TPSA) is 59.9 Å². The summed E-state index contributed by atoms with van der Waals surface area (Å²) in [6.07, 6.45) is 4.09. The van der Waals surface area contributed by atoms with Crippen molar-refractivity contribution in [3.63, 3.8) is 0 Å². The van der Waals surface area contributed by atoms with E-state index < -0.39 is 18.3 Å². The van der Waals surface area contributed by atoms with Gasteiger partial charge >= 0.3 is 7.12 Å². The number of allylic oxidation sites excluding steroid dienone is 2. The second kappa shape index (κ2) is 7.10. The van der Waals surface area contributed by atoms with Crippen LogP contribution in [-0.4, -0.2) is 30.9 Å². The van der Waals surface area contributed by atoms with Gasteiger partial charge in [0, 0.05) is 5.56 Å². The van der Waals surface area contributed by atoms with Gasteiger partial charge in [-0.05, 0) is 82.4 Å². The van der Waals surface area contributed by atoms with E-state index in [1.807, 2.05) is 39.8 Å². The van der Waals surface area contributed by atoms with Crippen LogP contribution in [0.3, 0.4) is 0 Å². The first kappa shape index (κ1) is 19.6. The molecule has 1 N–H and O–H groups in total. The fourth-order valence-corrected chi connectivity index (χ4v) is 2.83.